The van der Waals surface area contributed by atoms with Gasteiger partial charge in [0.05, 0.1) is 11.7 Å². The van der Waals surface area contributed by atoms with E-state index in [0.29, 0.717) is 5.02 Å². The third-order valence-corrected chi connectivity index (χ3v) is 5.14. The summed E-state index contributed by atoms with van der Waals surface area (Å²) in [5.74, 6) is 0.277. The molecule has 19 heavy (non-hydrogen) atoms. The predicted octanol–water partition coefficient (Wildman–Crippen LogP) is 4.49. The molecule has 104 valence electrons. The van der Waals surface area contributed by atoms with Gasteiger partial charge >= 0.3 is 0 Å². The smallest absolute Gasteiger partial charge is 0.0821 e. The molecule has 2 fully saturated rings. The van der Waals surface area contributed by atoms with Crippen LogP contribution in [0.2, 0.25) is 5.02 Å². The number of rotatable bonds is 2. The summed E-state index contributed by atoms with van der Waals surface area (Å²) in [5, 5.41) is 11.3. The zero-order chi connectivity index (χ0) is 13.5. The number of ether oxygens (including phenoxy) is 1. The Morgan fingerprint density at radius 1 is 1.37 bits per heavy atom. The van der Waals surface area contributed by atoms with Crippen LogP contribution in [0.1, 0.15) is 43.8 Å². The minimum absolute atomic E-state index is 0.0692. The fourth-order valence-electron chi connectivity index (χ4n) is 3.27. The molecule has 4 heteroatoms. The van der Waals surface area contributed by atoms with Gasteiger partial charge in [-0.3, -0.25) is 0 Å². The van der Waals surface area contributed by atoms with Crippen molar-refractivity contribution in [2.45, 2.75) is 43.8 Å². The van der Waals surface area contributed by atoms with Crippen molar-refractivity contribution in [2.24, 2.45) is 5.92 Å². The van der Waals surface area contributed by atoms with Gasteiger partial charge in [-0.15, -0.1) is 0 Å². The molecule has 0 amide bonds. The third kappa shape index (κ3) is 2.85. The van der Waals surface area contributed by atoms with E-state index in [1.54, 1.807) is 0 Å². The molecular formula is C15H18BrClO2. The van der Waals surface area contributed by atoms with Gasteiger partial charge in [-0.1, -0.05) is 27.5 Å². The zero-order valence-corrected chi connectivity index (χ0v) is 13.1. The molecule has 2 aliphatic rings. The van der Waals surface area contributed by atoms with Crippen molar-refractivity contribution < 1.29 is 9.84 Å². The van der Waals surface area contributed by atoms with Gasteiger partial charge in [-0.2, -0.15) is 0 Å². The summed E-state index contributed by atoms with van der Waals surface area (Å²) in [7, 11) is 0. The Bertz CT molecular complexity index is 453. The zero-order valence-electron chi connectivity index (χ0n) is 10.7. The molecule has 1 saturated carbocycles. The molecule has 2 atom stereocenters. The summed E-state index contributed by atoms with van der Waals surface area (Å²) in [5.41, 5.74) is 0.973. The van der Waals surface area contributed by atoms with E-state index in [1.807, 2.05) is 18.2 Å². The van der Waals surface area contributed by atoms with Crippen LogP contribution >= 0.6 is 27.5 Å². The standard InChI is InChI=1S/C15H18BrClO2/c16-12-6-11(7-13(17)8-12)14(18)10-2-5-19-15(9-10)3-1-4-15/h6-8,10,14,18H,1-5,9H2. The van der Waals surface area contributed by atoms with Crippen molar-refractivity contribution in [1.29, 1.82) is 0 Å². The largest absolute Gasteiger partial charge is 0.388 e. The molecule has 1 aliphatic carbocycles. The van der Waals surface area contributed by atoms with Crippen LogP contribution in [-0.4, -0.2) is 17.3 Å². The van der Waals surface area contributed by atoms with E-state index < -0.39 is 6.10 Å². The molecule has 1 aromatic carbocycles. The highest BCUT2D eigenvalue weighted by Crippen LogP contribution is 2.47. The topological polar surface area (TPSA) is 29.5 Å². The lowest BCUT2D eigenvalue weighted by Gasteiger charge is -2.48. The number of aliphatic hydroxyl groups excluding tert-OH is 1. The summed E-state index contributed by atoms with van der Waals surface area (Å²) in [6.45, 7) is 0.767. The van der Waals surface area contributed by atoms with E-state index in [2.05, 4.69) is 15.9 Å². The lowest BCUT2D eigenvalue weighted by atomic mass is 9.70. The molecule has 0 radical (unpaired) electrons. The molecule has 1 aromatic rings. The normalized spacial score (nSPS) is 27.0. The highest BCUT2D eigenvalue weighted by atomic mass is 79.9. The van der Waals surface area contributed by atoms with Crippen LogP contribution in [0.5, 0.6) is 0 Å². The molecular weight excluding hydrogens is 328 g/mol. The highest BCUT2D eigenvalue weighted by Gasteiger charge is 2.44. The number of hydrogen-bond acceptors (Lipinski definition) is 2. The first-order valence-corrected chi connectivity index (χ1v) is 8.03. The van der Waals surface area contributed by atoms with E-state index in [-0.39, 0.29) is 11.5 Å². The summed E-state index contributed by atoms with van der Waals surface area (Å²) in [6.07, 6.45) is 5.00. The monoisotopic (exact) mass is 344 g/mol. The van der Waals surface area contributed by atoms with Gasteiger partial charge in [0.1, 0.15) is 0 Å². The lowest BCUT2D eigenvalue weighted by Crippen LogP contribution is -2.46. The minimum Gasteiger partial charge on any atom is -0.388 e. The van der Waals surface area contributed by atoms with Gasteiger partial charge in [-0.25, -0.2) is 0 Å². The quantitative estimate of drug-likeness (QED) is 0.856. The number of halogens is 2. The van der Waals surface area contributed by atoms with Crippen LogP contribution in [-0.2, 0) is 4.74 Å². The van der Waals surface area contributed by atoms with Gasteiger partial charge in [0.2, 0.25) is 0 Å². The van der Waals surface area contributed by atoms with Crippen molar-refractivity contribution >= 4 is 27.5 Å². The summed E-state index contributed by atoms with van der Waals surface area (Å²) < 4.78 is 6.83. The minimum atomic E-state index is -0.448. The van der Waals surface area contributed by atoms with Crippen molar-refractivity contribution in [3.63, 3.8) is 0 Å². The second-order valence-electron chi connectivity index (χ2n) is 5.79. The van der Waals surface area contributed by atoms with Gasteiger partial charge in [0.15, 0.2) is 0 Å². The Labute approximate surface area is 127 Å². The first-order chi connectivity index (χ1) is 9.08. The number of aliphatic hydroxyl groups is 1. The van der Waals surface area contributed by atoms with Crippen molar-refractivity contribution in [3.8, 4) is 0 Å². The maximum absolute atomic E-state index is 10.6. The highest BCUT2D eigenvalue weighted by molar-refractivity contribution is 9.10. The molecule has 1 spiro atoms. The van der Waals surface area contributed by atoms with E-state index in [9.17, 15) is 5.11 Å². The van der Waals surface area contributed by atoms with Gasteiger partial charge < -0.3 is 9.84 Å². The van der Waals surface area contributed by atoms with E-state index in [4.69, 9.17) is 16.3 Å². The SMILES string of the molecule is OC(c1cc(Cl)cc(Br)c1)C1CCOC2(CCC2)C1. The second kappa shape index (κ2) is 5.36. The Morgan fingerprint density at radius 3 is 2.79 bits per heavy atom. The van der Waals surface area contributed by atoms with Crippen molar-refractivity contribution in [1.82, 2.24) is 0 Å². The summed E-state index contributed by atoms with van der Waals surface area (Å²) in [4.78, 5) is 0. The molecule has 2 unspecified atom stereocenters. The lowest BCUT2D eigenvalue weighted by molar-refractivity contribution is -0.157. The maximum atomic E-state index is 10.6. The first kappa shape index (κ1) is 13.9. The second-order valence-corrected chi connectivity index (χ2v) is 7.14. The number of benzene rings is 1. The fourth-order valence-corrected chi connectivity index (χ4v) is 4.16. The van der Waals surface area contributed by atoms with Gasteiger partial charge in [0.25, 0.3) is 0 Å². The van der Waals surface area contributed by atoms with E-state index in [0.717, 1.165) is 42.3 Å². The van der Waals surface area contributed by atoms with Crippen LogP contribution < -0.4 is 0 Å². The van der Waals surface area contributed by atoms with Crippen molar-refractivity contribution in [2.75, 3.05) is 6.61 Å². The van der Waals surface area contributed by atoms with Crippen LogP contribution in [0.3, 0.4) is 0 Å². The molecule has 1 saturated heterocycles. The summed E-state index contributed by atoms with van der Waals surface area (Å²) >= 11 is 9.49. The van der Waals surface area contributed by atoms with Crippen LogP contribution in [0.15, 0.2) is 22.7 Å². The summed E-state index contributed by atoms with van der Waals surface area (Å²) in [6, 6.07) is 5.66. The molecule has 1 aliphatic heterocycles. The maximum Gasteiger partial charge on any atom is 0.0821 e. The third-order valence-electron chi connectivity index (χ3n) is 4.47. The van der Waals surface area contributed by atoms with Crippen LogP contribution in [0, 0.1) is 5.92 Å². The molecule has 0 bridgehead atoms. The number of hydrogen-bond donors (Lipinski definition) is 1. The predicted molar refractivity (Wildman–Crippen MR) is 79.4 cm³/mol. The van der Waals surface area contributed by atoms with Gasteiger partial charge in [0, 0.05) is 16.1 Å². The average molecular weight is 346 g/mol. The Hall–Kier alpha value is -0.0900. The van der Waals surface area contributed by atoms with Crippen LogP contribution in [0.25, 0.3) is 0 Å². The van der Waals surface area contributed by atoms with Crippen LogP contribution in [0.4, 0.5) is 0 Å². The van der Waals surface area contributed by atoms with E-state index >= 15 is 0 Å². The van der Waals surface area contributed by atoms with Crippen molar-refractivity contribution in [3.05, 3.63) is 33.3 Å². The van der Waals surface area contributed by atoms with Gasteiger partial charge in [-0.05, 0) is 61.8 Å². The Kier molecular flexibility index (Phi) is 3.91. The average Bonchev–Trinajstić information content (AvgIpc) is 2.35. The van der Waals surface area contributed by atoms with E-state index in [1.165, 1.54) is 6.42 Å². The fraction of sp³-hybridized carbons (Fsp3) is 0.600. The molecule has 3 rings (SSSR count). The Morgan fingerprint density at radius 2 is 2.16 bits per heavy atom. The first-order valence-electron chi connectivity index (χ1n) is 6.86. The molecule has 1 heterocycles. The molecule has 2 nitrogen and oxygen atoms in total. The molecule has 1 N–H and O–H groups in total. The Balaban J connectivity index is 1.77. The molecule has 0 aromatic heterocycles.